The van der Waals surface area contributed by atoms with Gasteiger partial charge in [0.2, 0.25) is 17.7 Å². The van der Waals surface area contributed by atoms with E-state index in [1.807, 2.05) is 0 Å². The predicted octanol–water partition coefficient (Wildman–Crippen LogP) is -1.39. The van der Waals surface area contributed by atoms with E-state index < -0.39 is 66.4 Å². The minimum absolute atomic E-state index is 0.0743. The lowest BCUT2D eigenvalue weighted by Crippen LogP contribution is -2.60. The lowest BCUT2D eigenvalue weighted by Gasteiger charge is -2.26. The minimum atomic E-state index is -1.67. The number of hydrogen-bond donors (Lipinski definition) is 7. The SMILES string of the molecule is CC(C)C(N)C(=O)NC(C(=O)NC(CC(=O)O)C(=O)NC(Cc1ccccc1)C(=O)O)C(C)O. The fourth-order valence-electron chi connectivity index (χ4n) is 2.93. The molecular weight excluding hydrogens is 448 g/mol. The number of aliphatic hydroxyl groups is 1. The second-order valence-corrected chi connectivity index (χ2v) is 8.24. The van der Waals surface area contributed by atoms with Crippen LogP contribution < -0.4 is 21.7 Å². The van der Waals surface area contributed by atoms with Crippen LogP contribution in [0.25, 0.3) is 0 Å². The van der Waals surface area contributed by atoms with Crippen LogP contribution in [0.15, 0.2) is 30.3 Å². The quantitative estimate of drug-likeness (QED) is 0.177. The van der Waals surface area contributed by atoms with Gasteiger partial charge in [-0.15, -0.1) is 0 Å². The second-order valence-electron chi connectivity index (χ2n) is 8.24. The van der Waals surface area contributed by atoms with Gasteiger partial charge in [-0.2, -0.15) is 0 Å². The topological polar surface area (TPSA) is 208 Å². The molecule has 0 spiro atoms. The number of carboxylic acids is 2. The van der Waals surface area contributed by atoms with Crippen molar-refractivity contribution < 1.29 is 39.3 Å². The fourth-order valence-corrected chi connectivity index (χ4v) is 2.93. The Morgan fingerprint density at radius 2 is 1.41 bits per heavy atom. The van der Waals surface area contributed by atoms with E-state index in [1.54, 1.807) is 44.2 Å². The molecule has 12 nitrogen and oxygen atoms in total. The standard InChI is InChI=1S/C22H32N4O8/c1-11(2)17(23)20(31)26-18(12(3)27)21(32)24-14(10-16(28)29)19(30)25-15(22(33)34)9-13-7-5-4-6-8-13/h4-8,11-12,14-15,17-18,27H,9-10,23H2,1-3H3,(H,24,32)(H,25,30)(H,26,31)(H,28,29)(H,33,34). The molecule has 188 valence electrons. The summed E-state index contributed by atoms with van der Waals surface area (Å²) < 4.78 is 0. The summed E-state index contributed by atoms with van der Waals surface area (Å²) in [7, 11) is 0. The highest BCUT2D eigenvalue weighted by Crippen LogP contribution is 2.06. The molecule has 0 bridgehead atoms. The Morgan fingerprint density at radius 1 is 0.853 bits per heavy atom. The Hall–Kier alpha value is -3.51. The van der Waals surface area contributed by atoms with Crippen molar-refractivity contribution in [1.29, 1.82) is 0 Å². The molecule has 0 aliphatic carbocycles. The summed E-state index contributed by atoms with van der Waals surface area (Å²) >= 11 is 0. The summed E-state index contributed by atoms with van der Waals surface area (Å²) in [6.45, 7) is 4.59. The Balaban J connectivity index is 2.99. The van der Waals surface area contributed by atoms with Gasteiger partial charge < -0.3 is 37.0 Å². The van der Waals surface area contributed by atoms with Gasteiger partial charge in [-0.3, -0.25) is 19.2 Å². The van der Waals surface area contributed by atoms with Gasteiger partial charge >= 0.3 is 11.9 Å². The highest BCUT2D eigenvalue weighted by Gasteiger charge is 2.33. The first-order valence-electron chi connectivity index (χ1n) is 10.7. The molecule has 0 aromatic heterocycles. The number of nitrogens with one attached hydrogen (secondary N) is 3. The molecular formula is C22H32N4O8. The molecule has 0 aliphatic heterocycles. The van der Waals surface area contributed by atoms with E-state index in [0.29, 0.717) is 5.56 Å². The molecule has 0 saturated carbocycles. The highest BCUT2D eigenvalue weighted by atomic mass is 16.4. The number of benzene rings is 1. The van der Waals surface area contributed by atoms with E-state index >= 15 is 0 Å². The van der Waals surface area contributed by atoms with Crippen LogP contribution in [0.3, 0.4) is 0 Å². The first-order valence-corrected chi connectivity index (χ1v) is 10.7. The molecule has 0 aliphatic rings. The maximum absolute atomic E-state index is 12.7. The van der Waals surface area contributed by atoms with Crippen molar-refractivity contribution >= 4 is 29.7 Å². The molecule has 0 heterocycles. The summed E-state index contributed by atoms with van der Waals surface area (Å²) in [6, 6.07) is 2.90. The van der Waals surface area contributed by atoms with Gasteiger partial charge in [-0.1, -0.05) is 44.2 Å². The predicted molar refractivity (Wildman–Crippen MR) is 120 cm³/mol. The van der Waals surface area contributed by atoms with Crippen LogP contribution in [0.1, 0.15) is 32.8 Å². The average molecular weight is 481 g/mol. The van der Waals surface area contributed by atoms with Crippen LogP contribution in [0.4, 0.5) is 0 Å². The van der Waals surface area contributed by atoms with Crippen molar-refractivity contribution in [1.82, 2.24) is 16.0 Å². The smallest absolute Gasteiger partial charge is 0.326 e. The van der Waals surface area contributed by atoms with Gasteiger partial charge in [0, 0.05) is 6.42 Å². The number of carbonyl (C=O) groups excluding carboxylic acids is 3. The van der Waals surface area contributed by atoms with Gasteiger partial charge in [0.1, 0.15) is 18.1 Å². The zero-order valence-corrected chi connectivity index (χ0v) is 19.2. The number of aliphatic hydroxyl groups excluding tert-OH is 1. The first-order chi connectivity index (χ1) is 15.8. The normalized spacial score (nSPS) is 15.4. The number of carbonyl (C=O) groups is 5. The Kier molecular flexibility index (Phi) is 11.1. The van der Waals surface area contributed by atoms with Crippen molar-refractivity contribution in [2.24, 2.45) is 11.7 Å². The van der Waals surface area contributed by atoms with Crippen LogP contribution in [0, 0.1) is 5.92 Å². The molecule has 5 atom stereocenters. The largest absolute Gasteiger partial charge is 0.481 e. The summed E-state index contributed by atoms with van der Waals surface area (Å²) in [4.78, 5) is 60.5. The summed E-state index contributed by atoms with van der Waals surface area (Å²) in [5.74, 6) is -5.85. The highest BCUT2D eigenvalue weighted by molar-refractivity contribution is 5.95. The van der Waals surface area contributed by atoms with Gasteiger partial charge in [0.05, 0.1) is 18.6 Å². The monoisotopic (exact) mass is 480 g/mol. The van der Waals surface area contributed by atoms with Crippen LogP contribution in [-0.2, 0) is 30.4 Å². The summed E-state index contributed by atoms with van der Waals surface area (Å²) in [5, 5.41) is 35.3. The molecule has 0 radical (unpaired) electrons. The van der Waals surface area contributed by atoms with Gasteiger partial charge in [-0.25, -0.2) is 4.79 Å². The van der Waals surface area contributed by atoms with E-state index in [2.05, 4.69) is 16.0 Å². The zero-order chi connectivity index (χ0) is 26.0. The van der Waals surface area contributed by atoms with Crippen LogP contribution in [0.2, 0.25) is 0 Å². The van der Waals surface area contributed by atoms with Crippen LogP contribution >= 0.6 is 0 Å². The van der Waals surface area contributed by atoms with Gasteiger partial charge in [-0.05, 0) is 18.4 Å². The number of rotatable bonds is 13. The molecule has 1 aromatic carbocycles. The molecule has 8 N–H and O–H groups in total. The Bertz CT molecular complexity index is 875. The average Bonchev–Trinajstić information content (AvgIpc) is 2.75. The second kappa shape index (κ2) is 13.3. The maximum Gasteiger partial charge on any atom is 0.326 e. The number of hydrogen-bond acceptors (Lipinski definition) is 7. The number of carboxylic acid groups (broad SMARTS) is 2. The Labute approximate surface area is 196 Å². The zero-order valence-electron chi connectivity index (χ0n) is 19.2. The van der Waals surface area contributed by atoms with Crippen molar-refractivity contribution in [2.45, 2.75) is 63.9 Å². The van der Waals surface area contributed by atoms with E-state index in [1.165, 1.54) is 6.92 Å². The van der Waals surface area contributed by atoms with Crippen molar-refractivity contribution in [3.05, 3.63) is 35.9 Å². The first kappa shape index (κ1) is 28.5. The third-order valence-corrected chi connectivity index (χ3v) is 4.99. The van der Waals surface area contributed by atoms with E-state index in [0.717, 1.165) is 0 Å². The van der Waals surface area contributed by atoms with Gasteiger partial charge in [0.15, 0.2) is 0 Å². The summed E-state index contributed by atoms with van der Waals surface area (Å²) in [5.41, 5.74) is 6.37. The molecule has 0 fully saturated rings. The fraction of sp³-hybridized carbons (Fsp3) is 0.500. The van der Waals surface area contributed by atoms with Crippen molar-refractivity contribution in [2.75, 3.05) is 0 Å². The number of aliphatic carboxylic acids is 2. The molecule has 34 heavy (non-hydrogen) atoms. The third-order valence-electron chi connectivity index (χ3n) is 4.99. The lowest BCUT2D eigenvalue weighted by atomic mass is 10.0. The van der Waals surface area contributed by atoms with E-state index in [4.69, 9.17) is 10.8 Å². The third kappa shape index (κ3) is 9.16. The van der Waals surface area contributed by atoms with Gasteiger partial charge in [0.25, 0.3) is 0 Å². The van der Waals surface area contributed by atoms with E-state index in [9.17, 15) is 34.2 Å². The summed E-state index contributed by atoms with van der Waals surface area (Å²) in [6.07, 6.45) is -2.34. The van der Waals surface area contributed by atoms with Crippen molar-refractivity contribution in [3.8, 4) is 0 Å². The number of amides is 3. The molecule has 1 rings (SSSR count). The molecule has 12 heteroatoms. The lowest BCUT2D eigenvalue weighted by molar-refractivity contribution is -0.143. The molecule has 3 amide bonds. The molecule has 0 saturated heterocycles. The van der Waals surface area contributed by atoms with E-state index in [-0.39, 0.29) is 12.3 Å². The minimum Gasteiger partial charge on any atom is -0.481 e. The van der Waals surface area contributed by atoms with Crippen molar-refractivity contribution in [3.63, 3.8) is 0 Å². The van der Waals surface area contributed by atoms with Crippen LogP contribution in [-0.4, -0.2) is 75.3 Å². The molecule has 1 aromatic rings. The maximum atomic E-state index is 12.7. The molecule has 5 unspecified atom stereocenters. The number of nitrogens with two attached hydrogens (primary N) is 1. The van der Waals surface area contributed by atoms with Crippen LogP contribution in [0.5, 0.6) is 0 Å². The Morgan fingerprint density at radius 3 is 1.88 bits per heavy atom.